The molecule has 22 heavy (non-hydrogen) atoms. The van der Waals surface area contributed by atoms with Gasteiger partial charge in [0.1, 0.15) is 23.9 Å². The van der Waals surface area contributed by atoms with E-state index in [2.05, 4.69) is 24.8 Å². The zero-order valence-electron chi connectivity index (χ0n) is 12.0. The summed E-state index contributed by atoms with van der Waals surface area (Å²) in [6, 6.07) is 4.88. The maximum absolute atomic E-state index is 12.9. The fraction of sp³-hybridized carbons (Fsp3) is 0.333. The summed E-state index contributed by atoms with van der Waals surface area (Å²) in [7, 11) is 0. The molecule has 0 amide bonds. The molecule has 112 valence electrons. The monoisotopic (exact) mass is 298 g/mol. The van der Waals surface area contributed by atoms with E-state index in [1.165, 1.54) is 25.1 Å². The van der Waals surface area contributed by atoms with Crippen LogP contribution in [0.5, 0.6) is 0 Å². The predicted octanol–water partition coefficient (Wildman–Crippen LogP) is 2.06. The highest BCUT2D eigenvalue weighted by Gasteiger charge is 2.16. The Bertz CT molecular complexity index is 789. The highest BCUT2D eigenvalue weighted by atomic mass is 19.1. The zero-order chi connectivity index (χ0) is 14.9. The lowest BCUT2D eigenvalue weighted by Crippen LogP contribution is -2.15. The molecule has 3 aromatic rings. The van der Waals surface area contributed by atoms with Crippen molar-refractivity contribution in [3.63, 3.8) is 0 Å². The van der Waals surface area contributed by atoms with Crippen LogP contribution >= 0.6 is 0 Å². The molecule has 0 spiro atoms. The Morgan fingerprint density at radius 2 is 2.05 bits per heavy atom. The summed E-state index contributed by atoms with van der Waals surface area (Å²) < 4.78 is 16.9. The molecule has 0 unspecified atom stereocenters. The van der Waals surface area contributed by atoms with Crippen LogP contribution in [0.25, 0.3) is 11.4 Å². The topological polar surface area (TPSA) is 61.4 Å². The highest BCUT2D eigenvalue weighted by molar-refractivity contribution is 5.52. The molecule has 0 fully saturated rings. The normalized spacial score (nSPS) is 14.0. The second-order valence-electron chi connectivity index (χ2n) is 5.40. The van der Waals surface area contributed by atoms with Crippen molar-refractivity contribution in [1.29, 1.82) is 0 Å². The van der Waals surface area contributed by atoms with E-state index in [9.17, 15) is 4.39 Å². The Morgan fingerprint density at radius 3 is 2.91 bits per heavy atom. The highest BCUT2D eigenvalue weighted by Crippen LogP contribution is 2.17. The lowest BCUT2D eigenvalue weighted by atomic mass is 10.2. The van der Waals surface area contributed by atoms with E-state index in [0.717, 1.165) is 30.3 Å². The Labute approximate surface area is 126 Å². The minimum atomic E-state index is -0.349. The van der Waals surface area contributed by atoms with Gasteiger partial charge in [-0.25, -0.2) is 4.39 Å². The molecule has 1 aliphatic rings. The molecule has 7 heteroatoms. The van der Waals surface area contributed by atoms with Gasteiger partial charge in [-0.05, 0) is 31.0 Å². The van der Waals surface area contributed by atoms with Crippen LogP contribution in [-0.2, 0) is 19.5 Å². The number of rotatable bonds is 3. The molecule has 0 atom stereocenters. The van der Waals surface area contributed by atoms with Crippen LogP contribution in [-0.4, -0.2) is 29.5 Å². The lowest BCUT2D eigenvalue weighted by molar-refractivity contribution is 0.496. The van der Waals surface area contributed by atoms with E-state index < -0.39 is 0 Å². The van der Waals surface area contributed by atoms with Gasteiger partial charge in [0.2, 0.25) is 0 Å². The third-order valence-electron chi connectivity index (χ3n) is 3.87. The average Bonchev–Trinajstić information content (AvgIpc) is 3.16. The predicted molar refractivity (Wildman–Crippen MR) is 77.5 cm³/mol. The van der Waals surface area contributed by atoms with Crippen molar-refractivity contribution in [3.05, 3.63) is 48.1 Å². The van der Waals surface area contributed by atoms with Crippen molar-refractivity contribution in [2.75, 3.05) is 0 Å². The standard InChI is InChI=1S/C15H15FN6/c16-11-4-5-12(17-9-11)13-6-8-21(20-13)10-15-19-18-14-3-1-2-7-22(14)15/h4-6,8-9H,1-3,7,10H2. The van der Waals surface area contributed by atoms with Gasteiger partial charge in [0.15, 0.2) is 5.82 Å². The quantitative estimate of drug-likeness (QED) is 0.742. The van der Waals surface area contributed by atoms with Crippen molar-refractivity contribution < 1.29 is 4.39 Å². The van der Waals surface area contributed by atoms with E-state index >= 15 is 0 Å². The van der Waals surface area contributed by atoms with Gasteiger partial charge in [0, 0.05) is 19.2 Å². The molecule has 0 N–H and O–H groups in total. The fourth-order valence-corrected chi connectivity index (χ4v) is 2.74. The molecular formula is C15H15FN6. The van der Waals surface area contributed by atoms with Crippen LogP contribution in [0.3, 0.4) is 0 Å². The molecule has 0 radical (unpaired) electrons. The summed E-state index contributed by atoms with van der Waals surface area (Å²) in [5, 5.41) is 13.0. The minimum absolute atomic E-state index is 0.349. The SMILES string of the molecule is Fc1ccc(-c2ccn(Cc3nnc4n3CCCC4)n2)nc1. The van der Waals surface area contributed by atoms with Gasteiger partial charge in [-0.3, -0.25) is 9.67 Å². The molecule has 3 aromatic heterocycles. The number of fused-ring (bicyclic) bond motifs is 1. The molecule has 1 aliphatic heterocycles. The summed E-state index contributed by atoms with van der Waals surface area (Å²) in [4.78, 5) is 4.05. The van der Waals surface area contributed by atoms with Crippen LogP contribution in [0, 0.1) is 5.82 Å². The second kappa shape index (κ2) is 5.32. The van der Waals surface area contributed by atoms with Crippen LogP contribution in [0.4, 0.5) is 4.39 Å². The van der Waals surface area contributed by atoms with Crippen molar-refractivity contribution >= 4 is 0 Å². The average molecular weight is 298 g/mol. The molecule has 0 aromatic carbocycles. The zero-order valence-corrected chi connectivity index (χ0v) is 12.0. The van der Waals surface area contributed by atoms with Crippen LogP contribution < -0.4 is 0 Å². The van der Waals surface area contributed by atoms with Crippen molar-refractivity contribution in [2.24, 2.45) is 0 Å². The Hall–Kier alpha value is -2.57. The van der Waals surface area contributed by atoms with Gasteiger partial charge < -0.3 is 4.57 Å². The summed E-state index contributed by atoms with van der Waals surface area (Å²) in [6.07, 6.45) is 6.42. The summed E-state index contributed by atoms with van der Waals surface area (Å²) in [5.74, 6) is 1.64. The van der Waals surface area contributed by atoms with Crippen LogP contribution in [0.15, 0.2) is 30.6 Å². The van der Waals surface area contributed by atoms with Gasteiger partial charge >= 0.3 is 0 Å². The van der Waals surface area contributed by atoms with E-state index in [4.69, 9.17) is 0 Å². The number of hydrogen-bond donors (Lipinski definition) is 0. The lowest BCUT2D eigenvalue weighted by Gasteiger charge is -2.14. The van der Waals surface area contributed by atoms with E-state index in [0.29, 0.717) is 12.2 Å². The number of nitrogens with zero attached hydrogens (tertiary/aromatic N) is 6. The molecule has 0 saturated heterocycles. The largest absolute Gasteiger partial charge is 0.313 e. The Kier molecular flexibility index (Phi) is 3.17. The Morgan fingerprint density at radius 1 is 1.09 bits per heavy atom. The number of hydrogen-bond acceptors (Lipinski definition) is 4. The second-order valence-corrected chi connectivity index (χ2v) is 5.40. The first-order valence-electron chi connectivity index (χ1n) is 7.36. The summed E-state index contributed by atoms with van der Waals surface area (Å²) in [6.45, 7) is 1.56. The molecule has 6 nitrogen and oxygen atoms in total. The first-order chi connectivity index (χ1) is 10.8. The number of aromatic nitrogens is 6. The number of aryl methyl sites for hydroxylation is 1. The summed E-state index contributed by atoms with van der Waals surface area (Å²) in [5.41, 5.74) is 1.38. The Balaban J connectivity index is 1.57. The smallest absolute Gasteiger partial charge is 0.154 e. The fourth-order valence-electron chi connectivity index (χ4n) is 2.74. The third-order valence-corrected chi connectivity index (χ3v) is 3.87. The first kappa shape index (κ1) is 13.1. The van der Waals surface area contributed by atoms with Gasteiger partial charge in [-0.15, -0.1) is 10.2 Å². The van der Waals surface area contributed by atoms with Gasteiger partial charge in [0.05, 0.1) is 11.9 Å². The number of pyridine rings is 1. The van der Waals surface area contributed by atoms with Gasteiger partial charge in [-0.2, -0.15) is 5.10 Å². The van der Waals surface area contributed by atoms with Crippen molar-refractivity contribution in [1.82, 2.24) is 29.5 Å². The third kappa shape index (κ3) is 2.38. The molecule has 4 heterocycles. The maximum Gasteiger partial charge on any atom is 0.154 e. The molecule has 0 saturated carbocycles. The van der Waals surface area contributed by atoms with E-state index in [-0.39, 0.29) is 5.82 Å². The molecule has 0 bridgehead atoms. The molecule has 4 rings (SSSR count). The van der Waals surface area contributed by atoms with Gasteiger partial charge in [-0.1, -0.05) is 0 Å². The van der Waals surface area contributed by atoms with E-state index in [1.807, 2.05) is 16.9 Å². The van der Waals surface area contributed by atoms with E-state index in [1.54, 1.807) is 6.07 Å². The maximum atomic E-state index is 12.9. The van der Waals surface area contributed by atoms with Crippen molar-refractivity contribution in [2.45, 2.75) is 32.4 Å². The molecule has 0 aliphatic carbocycles. The van der Waals surface area contributed by atoms with Gasteiger partial charge in [0.25, 0.3) is 0 Å². The van der Waals surface area contributed by atoms with Crippen LogP contribution in [0.2, 0.25) is 0 Å². The first-order valence-corrected chi connectivity index (χ1v) is 7.36. The van der Waals surface area contributed by atoms with Crippen molar-refractivity contribution in [3.8, 4) is 11.4 Å². The number of halogens is 1. The van der Waals surface area contributed by atoms with Crippen LogP contribution in [0.1, 0.15) is 24.5 Å². The minimum Gasteiger partial charge on any atom is -0.313 e. The summed E-state index contributed by atoms with van der Waals surface area (Å²) >= 11 is 0. The molecular weight excluding hydrogens is 283 g/mol.